The first-order valence-corrected chi connectivity index (χ1v) is 7.98. The summed E-state index contributed by atoms with van der Waals surface area (Å²) >= 11 is 0. The molecule has 126 valence electrons. The molecule has 1 heterocycles. The second-order valence-electron chi connectivity index (χ2n) is 6.06. The van der Waals surface area contributed by atoms with E-state index in [2.05, 4.69) is 11.4 Å². The normalized spacial score (nSPS) is 12.4. The van der Waals surface area contributed by atoms with Gasteiger partial charge in [-0.3, -0.25) is 4.79 Å². The Balaban J connectivity index is 1.99. The molecule has 0 saturated heterocycles. The summed E-state index contributed by atoms with van der Waals surface area (Å²) in [5.74, 6) is -2.08. The molecular weight excluding hydrogens is 334 g/mol. The van der Waals surface area contributed by atoms with Gasteiger partial charge in [0.15, 0.2) is 11.6 Å². The fourth-order valence-corrected chi connectivity index (χ4v) is 3.17. The summed E-state index contributed by atoms with van der Waals surface area (Å²) in [7, 11) is 0. The molecule has 26 heavy (non-hydrogen) atoms. The van der Waals surface area contributed by atoms with Crippen LogP contribution in [-0.2, 0) is 6.54 Å². The predicted octanol–water partition coefficient (Wildman–Crippen LogP) is 4.41. The lowest BCUT2D eigenvalue weighted by Gasteiger charge is -2.13. The summed E-state index contributed by atoms with van der Waals surface area (Å²) in [6.07, 6.45) is 0. The summed E-state index contributed by atoms with van der Waals surface area (Å²) < 4.78 is 27.1. The maximum absolute atomic E-state index is 13.8. The second-order valence-corrected chi connectivity index (χ2v) is 6.06. The number of nitrogens with one attached hydrogen (secondary N) is 1. The smallest absolute Gasteiger partial charge is 0.251 e. The average Bonchev–Trinajstić information content (AvgIpc) is 3.03. The maximum Gasteiger partial charge on any atom is 0.251 e. The van der Waals surface area contributed by atoms with Crippen molar-refractivity contribution >= 4 is 5.91 Å². The van der Waals surface area contributed by atoms with Crippen molar-refractivity contribution in [2.75, 3.05) is 0 Å². The molecule has 1 aliphatic heterocycles. The van der Waals surface area contributed by atoms with Gasteiger partial charge < -0.3 is 5.32 Å². The van der Waals surface area contributed by atoms with Crippen LogP contribution in [0.4, 0.5) is 8.78 Å². The third-order valence-corrected chi connectivity index (χ3v) is 4.46. The highest BCUT2D eigenvalue weighted by Gasteiger charge is 2.22. The summed E-state index contributed by atoms with van der Waals surface area (Å²) in [5, 5.41) is 11.9. The van der Waals surface area contributed by atoms with Crippen LogP contribution in [0.25, 0.3) is 22.3 Å². The second kappa shape index (κ2) is 6.08. The van der Waals surface area contributed by atoms with Gasteiger partial charge in [-0.15, -0.1) is 0 Å². The quantitative estimate of drug-likeness (QED) is 0.747. The van der Waals surface area contributed by atoms with Crippen molar-refractivity contribution < 1.29 is 13.6 Å². The minimum atomic E-state index is -0.954. The first kappa shape index (κ1) is 16.0. The number of carbonyl (C=O) groups excluding carboxylic acids is 1. The number of benzene rings is 3. The number of nitrogens with zero attached hydrogens (tertiary/aromatic N) is 1. The van der Waals surface area contributed by atoms with Gasteiger partial charge in [0.25, 0.3) is 5.91 Å². The molecule has 3 aromatic carbocycles. The summed E-state index contributed by atoms with van der Waals surface area (Å²) in [5.41, 5.74) is 4.44. The van der Waals surface area contributed by atoms with E-state index in [-0.39, 0.29) is 5.91 Å². The highest BCUT2D eigenvalue weighted by atomic mass is 19.2. The average molecular weight is 346 g/mol. The van der Waals surface area contributed by atoms with E-state index in [0.717, 1.165) is 28.8 Å². The largest absolute Gasteiger partial charge is 0.348 e. The molecule has 3 nitrogen and oxygen atoms in total. The SMILES string of the molecule is N#Cc1cccc(-c2cc3c(cc2-c2ccc(F)c(F)c2)C(=O)NC3)c1. The fourth-order valence-electron chi connectivity index (χ4n) is 3.17. The Morgan fingerprint density at radius 2 is 1.65 bits per heavy atom. The lowest BCUT2D eigenvalue weighted by molar-refractivity contribution is 0.0966. The van der Waals surface area contributed by atoms with E-state index in [1.165, 1.54) is 6.07 Å². The first-order valence-electron chi connectivity index (χ1n) is 7.98. The van der Waals surface area contributed by atoms with E-state index in [0.29, 0.717) is 28.8 Å². The molecule has 1 amide bonds. The van der Waals surface area contributed by atoms with E-state index >= 15 is 0 Å². The van der Waals surface area contributed by atoms with E-state index < -0.39 is 11.6 Å². The monoisotopic (exact) mass is 346 g/mol. The molecule has 0 fully saturated rings. The number of rotatable bonds is 2. The van der Waals surface area contributed by atoms with Crippen molar-refractivity contribution in [1.82, 2.24) is 5.32 Å². The minimum absolute atomic E-state index is 0.193. The predicted molar refractivity (Wildman–Crippen MR) is 93.1 cm³/mol. The maximum atomic E-state index is 13.8. The van der Waals surface area contributed by atoms with Crippen molar-refractivity contribution in [2.24, 2.45) is 0 Å². The zero-order valence-electron chi connectivity index (χ0n) is 13.5. The van der Waals surface area contributed by atoms with Gasteiger partial charge in [-0.05, 0) is 64.2 Å². The molecule has 3 aromatic rings. The third kappa shape index (κ3) is 2.62. The Morgan fingerprint density at radius 1 is 0.885 bits per heavy atom. The third-order valence-electron chi connectivity index (χ3n) is 4.46. The highest BCUT2D eigenvalue weighted by molar-refractivity contribution is 6.01. The number of nitriles is 1. The molecule has 0 aliphatic carbocycles. The molecule has 0 bridgehead atoms. The van der Waals surface area contributed by atoms with Gasteiger partial charge in [0.1, 0.15) is 0 Å². The number of amides is 1. The lowest BCUT2D eigenvalue weighted by Crippen LogP contribution is -2.12. The number of fused-ring (bicyclic) bond motifs is 1. The number of halogens is 2. The lowest BCUT2D eigenvalue weighted by atomic mass is 9.90. The number of carbonyl (C=O) groups is 1. The van der Waals surface area contributed by atoms with Crippen LogP contribution in [0.2, 0.25) is 0 Å². The van der Waals surface area contributed by atoms with Crippen LogP contribution in [0.15, 0.2) is 54.6 Å². The topological polar surface area (TPSA) is 52.9 Å². The molecule has 5 heteroatoms. The van der Waals surface area contributed by atoms with Gasteiger partial charge in [-0.25, -0.2) is 8.78 Å². The summed E-state index contributed by atoms with van der Waals surface area (Å²) in [6.45, 7) is 0.414. The molecule has 0 aromatic heterocycles. The van der Waals surface area contributed by atoms with Crippen LogP contribution >= 0.6 is 0 Å². The van der Waals surface area contributed by atoms with Gasteiger partial charge in [0, 0.05) is 12.1 Å². The van der Waals surface area contributed by atoms with Gasteiger partial charge in [-0.2, -0.15) is 5.26 Å². The standard InChI is InChI=1S/C21H12F2N2O/c22-19-5-4-14(8-20(19)23)17-9-18-15(11-25-21(18)26)7-16(17)13-3-1-2-12(6-13)10-24/h1-9H,11H2,(H,25,26). The Morgan fingerprint density at radius 3 is 2.42 bits per heavy atom. The Bertz CT molecular complexity index is 1100. The molecule has 0 spiro atoms. The van der Waals surface area contributed by atoms with E-state index in [1.807, 2.05) is 12.1 Å². The zero-order chi connectivity index (χ0) is 18.3. The van der Waals surface area contributed by atoms with Gasteiger partial charge in [0.2, 0.25) is 0 Å². The van der Waals surface area contributed by atoms with E-state index in [1.54, 1.807) is 24.3 Å². The zero-order valence-corrected chi connectivity index (χ0v) is 13.5. The summed E-state index contributed by atoms with van der Waals surface area (Å²) in [4.78, 5) is 12.0. The van der Waals surface area contributed by atoms with Gasteiger partial charge in [-0.1, -0.05) is 18.2 Å². The highest BCUT2D eigenvalue weighted by Crippen LogP contribution is 2.36. The van der Waals surface area contributed by atoms with Crippen LogP contribution in [0.3, 0.4) is 0 Å². The number of hydrogen-bond acceptors (Lipinski definition) is 2. The van der Waals surface area contributed by atoms with Crippen molar-refractivity contribution in [1.29, 1.82) is 5.26 Å². The minimum Gasteiger partial charge on any atom is -0.348 e. The van der Waals surface area contributed by atoms with Crippen LogP contribution in [0.5, 0.6) is 0 Å². The van der Waals surface area contributed by atoms with Crippen LogP contribution in [0.1, 0.15) is 21.5 Å². The fraction of sp³-hybridized carbons (Fsp3) is 0.0476. The molecule has 1 aliphatic rings. The van der Waals surface area contributed by atoms with Crippen LogP contribution < -0.4 is 5.32 Å². The van der Waals surface area contributed by atoms with Crippen molar-refractivity contribution in [3.63, 3.8) is 0 Å². The molecule has 4 rings (SSSR count). The molecular formula is C21H12F2N2O. The molecule has 0 unspecified atom stereocenters. The van der Waals surface area contributed by atoms with Crippen LogP contribution in [0, 0.1) is 23.0 Å². The number of hydrogen-bond donors (Lipinski definition) is 1. The first-order chi connectivity index (χ1) is 12.6. The van der Waals surface area contributed by atoms with Crippen molar-refractivity contribution in [3.8, 4) is 28.3 Å². The van der Waals surface area contributed by atoms with Gasteiger partial charge >= 0.3 is 0 Å². The Kier molecular flexibility index (Phi) is 3.74. The van der Waals surface area contributed by atoms with E-state index in [9.17, 15) is 13.6 Å². The molecule has 0 radical (unpaired) electrons. The molecule has 1 N–H and O–H groups in total. The summed E-state index contributed by atoms with van der Waals surface area (Å²) in [6, 6.07) is 16.3. The Labute approximate surface area is 148 Å². The molecule has 0 saturated carbocycles. The van der Waals surface area contributed by atoms with Crippen LogP contribution in [-0.4, -0.2) is 5.91 Å². The van der Waals surface area contributed by atoms with E-state index in [4.69, 9.17) is 5.26 Å². The molecule has 0 atom stereocenters. The van der Waals surface area contributed by atoms with Crippen molar-refractivity contribution in [3.05, 3.63) is 82.9 Å². The van der Waals surface area contributed by atoms with Gasteiger partial charge in [0.05, 0.1) is 11.6 Å². The Hall–Kier alpha value is -3.52. The van der Waals surface area contributed by atoms with Crippen molar-refractivity contribution in [2.45, 2.75) is 6.54 Å².